The van der Waals surface area contributed by atoms with Crippen molar-refractivity contribution < 1.29 is 8.42 Å². The summed E-state index contributed by atoms with van der Waals surface area (Å²) in [6, 6.07) is 0.408. The number of nitrogens with zero attached hydrogens (tertiary/aromatic N) is 2. The van der Waals surface area contributed by atoms with Crippen LogP contribution in [0.25, 0.3) is 0 Å². The minimum absolute atomic E-state index is 0.0916. The summed E-state index contributed by atoms with van der Waals surface area (Å²) in [7, 11) is -3.36. The minimum Gasteiger partial charge on any atom is -0.367 e. The fourth-order valence-electron chi connectivity index (χ4n) is 2.17. The van der Waals surface area contributed by atoms with E-state index in [2.05, 4.69) is 15.3 Å². The molecule has 0 spiro atoms. The molecule has 1 aromatic rings. The van der Waals surface area contributed by atoms with Crippen molar-refractivity contribution in [3.63, 3.8) is 0 Å². The maximum atomic E-state index is 11.5. The van der Waals surface area contributed by atoms with Crippen molar-refractivity contribution in [1.29, 1.82) is 0 Å². The van der Waals surface area contributed by atoms with E-state index >= 15 is 0 Å². The molecule has 5 nitrogen and oxygen atoms in total. The molecule has 1 fully saturated rings. The highest BCUT2D eigenvalue weighted by Gasteiger charge is 2.19. The Hall–Kier alpha value is -1.17. The Morgan fingerprint density at radius 1 is 1.17 bits per heavy atom. The summed E-state index contributed by atoms with van der Waals surface area (Å²) in [6.07, 6.45) is 5.82. The smallest absolute Gasteiger partial charge is 0.248 e. The van der Waals surface area contributed by atoms with Gasteiger partial charge in [-0.15, -0.1) is 0 Å². The van der Waals surface area contributed by atoms with Crippen LogP contribution in [-0.2, 0) is 9.84 Å². The lowest BCUT2D eigenvalue weighted by Gasteiger charge is -2.16. The number of hydrogen-bond donors (Lipinski definition) is 1. The van der Waals surface area contributed by atoms with Crippen molar-refractivity contribution in [2.24, 2.45) is 0 Å². The predicted octanol–water partition coefficient (Wildman–Crippen LogP) is 1.85. The van der Waals surface area contributed by atoms with E-state index in [-0.39, 0.29) is 5.16 Å². The second kappa shape index (κ2) is 4.84. The molecule has 1 aliphatic carbocycles. The summed E-state index contributed by atoms with van der Waals surface area (Å²) < 4.78 is 23.1. The van der Waals surface area contributed by atoms with Gasteiger partial charge in [0.15, 0.2) is 0 Å². The van der Waals surface area contributed by atoms with Crippen molar-refractivity contribution in [1.82, 2.24) is 9.97 Å². The normalized spacial score (nSPS) is 17.1. The second-order valence-electron chi connectivity index (χ2n) is 4.96. The van der Waals surface area contributed by atoms with Crippen molar-refractivity contribution >= 4 is 15.7 Å². The number of rotatable bonds is 3. The first-order valence-corrected chi connectivity index (χ1v) is 8.09. The van der Waals surface area contributed by atoms with Crippen LogP contribution in [0.1, 0.15) is 36.9 Å². The summed E-state index contributed by atoms with van der Waals surface area (Å²) in [4.78, 5) is 8.20. The van der Waals surface area contributed by atoms with Gasteiger partial charge in [-0.25, -0.2) is 18.4 Å². The van der Waals surface area contributed by atoms with E-state index in [0.29, 0.717) is 17.6 Å². The number of sulfone groups is 1. The summed E-state index contributed by atoms with van der Waals surface area (Å²) in [5.74, 6) is 0.662. The molecule has 6 heteroatoms. The van der Waals surface area contributed by atoms with Gasteiger partial charge in [-0.05, 0) is 26.7 Å². The van der Waals surface area contributed by atoms with Gasteiger partial charge in [0.2, 0.25) is 15.0 Å². The van der Waals surface area contributed by atoms with Crippen LogP contribution in [0.15, 0.2) is 5.16 Å². The molecule has 1 aliphatic rings. The fraction of sp³-hybridized carbons (Fsp3) is 0.667. The molecular weight excluding hydrogens is 250 g/mol. The van der Waals surface area contributed by atoms with Crippen LogP contribution in [0.5, 0.6) is 0 Å². The molecule has 2 rings (SSSR count). The Balaban J connectivity index is 2.36. The second-order valence-corrected chi connectivity index (χ2v) is 6.87. The molecule has 1 aromatic heterocycles. The molecule has 0 unspecified atom stereocenters. The van der Waals surface area contributed by atoms with E-state index in [1.165, 1.54) is 12.8 Å². The molecular formula is C12H19N3O2S. The Labute approximate surface area is 108 Å². The third kappa shape index (κ3) is 2.80. The highest BCUT2D eigenvalue weighted by molar-refractivity contribution is 7.90. The average Bonchev–Trinajstić information content (AvgIpc) is 2.75. The first kappa shape index (κ1) is 13.3. The molecule has 0 amide bonds. The topological polar surface area (TPSA) is 72.0 Å². The van der Waals surface area contributed by atoms with Gasteiger partial charge in [0.05, 0.1) is 0 Å². The predicted molar refractivity (Wildman–Crippen MR) is 70.5 cm³/mol. The fourth-order valence-corrected chi connectivity index (χ4v) is 2.73. The molecule has 1 N–H and O–H groups in total. The Kier molecular flexibility index (Phi) is 3.56. The zero-order valence-electron chi connectivity index (χ0n) is 11.0. The number of hydrogen-bond acceptors (Lipinski definition) is 5. The molecule has 0 aliphatic heterocycles. The Morgan fingerprint density at radius 2 is 1.78 bits per heavy atom. The number of aromatic nitrogens is 2. The maximum absolute atomic E-state index is 11.5. The monoisotopic (exact) mass is 269 g/mol. The SMILES string of the molecule is Cc1nc(S(C)(=O)=O)nc(NC2CCCC2)c1C. The molecule has 18 heavy (non-hydrogen) atoms. The van der Waals surface area contributed by atoms with Gasteiger partial charge < -0.3 is 5.32 Å². The number of anilines is 1. The minimum atomic E-state index is -3.36. The van der Waals surface area contributed by atoms with Crippen molar-refractivity contribution in [2.75, 3.05) is 11.6 Å². The molecule has 0 atom stereocenters. The lowest BCUT2D eigenvalue weighted by atomic mass is 10.2. The van der Waals surface area contributed by atoms with Crippen LogP contribution in [0.4, 0.5) is 5.82 Å². The zero-order valence-corrected chi connectivity index (χ0v) is 11.8. The first-order chi connectivity index (χ1) is 8.38. The first-order valence-electron chi connectivity index (χ1n) is 6.20. The molecule has 1 heterocycles. The van der Waals surface area contributed by atoms with E-state index in [1.807, 2.05) is 13.8 Å². The Bertz CT molecular complexity index is 549. The van der Waals surface area contributed by atoms with Gasteiger partial charge in [0, 0.05) is 23.6 Å². The van der Waals surface area contributed by atoms with Crippen molar-refractivity contribution in [2.45, 2.75) is 50.7 Å². The van der Waals surface area contributed by atoms with Gasteiger partial charge in [-0.2, -0.15) is 0 Å². The van der Waals surface area contributed by atoms with E-state index < -0.39 is 9.84 Å². The highest BCUT2D eigenvalue weighted by Crippen LogP contribution is 2.24. The van der Waals surface area contributed by atoms with Crippen LogP contribution in [-0.4, -0.2) is 30.7 Å². The summed E-state index contributed by atoms with van der Waals surface area (Å²) in [5, 5.41) is 3.26. The zero-order chi connectivity index (χ0) is 13.3. The lowest BCUT2D eigenvalue weighted by molar-refractivity contribution is 0.591. The quantitative estimate of drug-likeness (QED) is 0.848. The van der Waals surface area contributed by atoms with Crippen molar-refractivity contribution in [3.05, 3.63) is 11.3 Å². The maximum Gasteiger partial charge on any atom is 0.248 e. The number of aryl methyl sites for hydroxylation is 1. The third-order valence-corrected chi connectivity index (χ3v) is 4.24. The molecule has 1 saturated carbocycles. The van der Waals surface area contributed by atoms with E-state index in [0.717, 1.165) is 24.7 Å². The van der Waals surface area contributed by atoms with E-state index in [1.54, 1.807) is 0 Å². The van der Waals surface area contributed by atoms with E-state index in [9.17, 15) is 8.42 Å². The molecule has 0 bridgehead atoms. The standard InChI is InChI=1S/C12H19N3O2S/c1-8-9(2)13-12(18(3,16)17)15-11(8)14-10-6-4-5-7-10/h10H,4-7H2,1-3H3,(H,13,14,15). The average molecular weight is 269 g/mol. The van der Waals surface area contributed by atoms with Gasteiger partial charge in [0.1, 0.15) is 5.82 Å². The van der Waals surface area contributed by atoms with Gasteiger partial charge in [-0.3, -0.25) is 0 Å². The van der Waals surface area contributed by atoms with Gasteiger partial charge >= 0.3 is 0 Å². The lowest BCUT2D eigenvalue weighted by Crippen LogP contribution is -2.19. The van der Waals surface area contributed by atoms with Crippen LogP contribution in [0.3, 0.4) is 0 Å². The molecule has 0 aromatic carbocycles. The summed E-state index contributed by atoms with van der Waals surface area (Å²) >= 11 is 0. The van der Waals surface area contributed by atoms with Crippen LogP contribution >= 0.6 is 0 Å². The molecule has 0 saturated heterocycles. The van der Waals surface area contributed by atoms with E-state index in [4.69, 9.17) is 0 Å². The molecule has 0 radical (unpaired) electrons. The molecule has 100 valence electrons. The summed E-state index contributed by atoms with van der Waals surface area (Å²) in [6.45, 7) is 3.73. The third-order valence-electron chi connectivity index (χ3n) is 3.40. The number of nitrogens with one attached hydrogen (secondary N) is 1. The Morgan fingerprint density at radius 3 is 2.33 bits per heavy atom. The van der Waals surface area contributed by atoms with Crippen molar-refractivity contribution in [3.8, 4) is 0 Å². The van der Waals surface area contributed by atoms with Gasteiger partial charge in [0.25, 0.3) is 0 Å². The summed E-state index contributed by atoms with van der Waals surface area (Å²) in [5.41, 5.74) is 1.64. The van der Waals surface area contributed by atoms with Gasteiger partial charge in [-0.1, -0.05) is 12.8 Å². The van der Waals surface area contributed by atoms with Crippen LogP contribution < -0.4 is 5.32 Å². The highest BCUT2D eigenvalue weighted by atomic mass is 32.2. The van der Waals surface area contributed by atoms with Crippen LogP contribution in [0.2, 0.25) is 0 Å². The van der Waals surface area contributed by atoms with Crippen LogP contribution in [0, 0.1) is 13.8 Å². The largest absolute Gasteiger partial charge is 0.367 e.